The molecule has 22 heteroatoms. The van der Waals surface area contributed by atoms with Crippen LogP contribution in [0.25, 0.3) is 0 Å². The molecule has 0 saturated heterocycles. The Bertz CT molecular complexity index is 1540. The molecule has 1 fully saturated rings. The number of carbonyl (C=O) groups is 2. The fraction of sp³-hybridized carbons (Fsp3) is 0.872. The van der Waals surface area contributed by atoms with E-state index in [1.165, 1.54) is 96.3 Å². The number of carbonyl (C=O) groups excluding carboxylic acids is 2. The van der Waals surface area contributed by atoms with Crippen LogP contribution in [0.2, 0.25) is 0 Å². The molecule has 1 aliphatic carbocycles. The van der Waals surface area contributed by atoms with E-state index in [1.807, 2.05) is 0 Å². The van der Waals surface area contributed by atoms with E-state index in [0.717, 1.165) is 70.6 Å². The zero-order valence-electron chi connectivity index (χ0n) is 41.4. The monoisotopic (exact) mass is 1050 g/mol. The summed E-state index contributed by atoms with van der Waals surface area (Å²) in [5, 5.41) is 31.9. The summed E-state index contributed by atoms with van der Waals surface area (Å²) in [4.78, 5) is 73.3. The fourth-order valence-corrected chi connectivity index (χ4v) is 10.0. The van der Waals surface area contributed by atoms with Crippen LogP contribution in [0.15, 0.2) is 24.3 Å². The number of ether oxygens (including phenoxy) is 2. The van der Waals surface area contributed by atoms with Crippen molar-refractivity contribution in [2.24, 2.45) is 0 Å². The third-order valence-corrected chi connectivity index (χ3v) is 13.8. The van der Waals surface area contributed by atoms with E-state index in [4.69, 9.17) is 18.5 Å². The van der Waals surface area contributed by atoms with E-state index >= 15 is 0 Å². The molecule has 0 aromatic heterocycles. The summed E-state index contributed by atoms with van der Waals surface area (Å²) in [5.74, 6) is -1.30. The molecule has 0 amide bonds. The van der Waals surface area contributed by atoms with E-state index < -0.39 is 91.3 Å². The Labute approximate surface area is 411 Å². The molecule has 1 saturated carbocycles. The van der Waals surface area contributed by atoms with Crippen molar-refractivity contribution in [2.75, 3.05) is 13.2 Å². The first-order chi connectivity index (χ1) is 32.8. The van der Waals surface area contributed by atoms with Gasteiger partial charge in [0.05, 0.1) is 6.61 Å². The number of allylic oxidation sites excluding steroid dienone is 4. The van der Waals surface area contributed by atoms with Crippen molar-refractivity contribution >= 4 is 35.4 Å². The number of rotatable bonds is 44. The van der Waals surface area contributed by atoms with Crippen molar-refractivity contribution in [3.05, 3.63) is 24.3 Å². The second kappa shape index (κ2) is 39.1. The van der Waals surface area contributed by atoms with Crippen molar-refractivity contribution in [1.29, 1.82) is 0 Å². The first-order valence-electron chi connectivity index (χ1n) is 25.6. The summed E-state index contributed by atoms with van der Waals surface area (Å²) in [6.07, 6.45) is 23.2. The molecular formula is C47H89O19P3. The molecule has 0 bridgehead atoms. The van der Waals surface area contributed by atoms with Crippen molar-refractivity contribution in [1.82, 2.24) is 0 Å². The Morgan fingerprint density at radius 3 is 1.30 bits per heavy atom. The molecule has 69 heavy (non-hydrogen) atoms. The molecule has 1 rings (SSSR count). The molecule has 0 aromatic carbocycles. The Morgan fingerprint density at radius 1 is 0.464 bits per heavy atom. The highest BCUT2D eigenvalue weighted by Gasteiger charge is 2.56. The molecule has 8 N–H and O–H groups in total. The lowest BCUT2D eigenvalue weighted by molar-refractivity contribution is -0.213. The van der Waals surface area contributed by atoms with Gasteiger partial charge in [-0.3, -0.25) is 27.7 Å². The summed E-state index contributed by atoms with van der Waals surface area (Å²) < 4.78 is 65.6. The standard InChI is InChI=1S/C47H89O19P3/c1-3-5-7-9-11-13-15-17-19-20-22-24-26-28-30-32-34-36-41(49)63-39(37-61-40(48)35-33-31-29-27-25-23-21-18-16-14-12-10-8-6-4-2)38-62-69(59,60)66-45-42(50)43(51)46(64-67(53,54)55)47(44(45)52)65-68(56,57)58/h12,14,18,21,39,42-47,50-52H,3-11,13,15-17,19-20,22-38H2,1-2H3,(H,59,60)(H2,53,54,55)(H2,56,57,58)/t39-,42?,43?,44?,45+,46?,47+/m1/s1. The highest BCUT2D eigenvalue weighted by molar-refractivity contribution is 7.47. The van der Waals surface area contributed by atoms with Gasteiger partial charge in [-0.2, -0.15) is 0 Å². The van der Waals surface area contributed by atoms with Crippen molar-refractivity contribution in [3.63, 3.8) is 0 Å². The predicted molar refractivity (Wildman–Crippen MR) is 261 cm³/mol. The maximum Gasteiger partial charge on any atom is 0.472 e. The van der Waals surface area contributed by atoms with Gasteiger partial charge in [-0.15, -0.1) is 0 Å². The summed E-state index contributed by atoms with van der Waals surface area (Å²) in [6, 6.07) is 0. The molecule has 0 heterocycles. The molecule has 19 nitrogen and oxygen atoms in total. The highest BCUT2D eigenvalue weighted by atomic mass is 31.2. The molecule has 5 unspecified atom stereocenters. The number of phosphoric acid groups is 3. The highest BCUT2D eigenvalue weighted by Crippen LogP contribution is 2.51. The third-order valence-electron chi connectivity index (χ3n) is 11.8. The molecule has 0 aliphatic heterocycles. The molecule has 0 radical (unpaired) electrons. The van der Waals surface area contributed by atoms with Crippen LogP contribution in [0.4, 0.5) is 0 Å². The second-order valence-corrected chi connectivity index (χ2v) is 21.9. The lowest BCUT2D eigenvalue weighted by Gasteiger charge is -2.44. The quantitative estimate of drug-likeness (QED) is 0.0122. The molecule has 0 aromatic rings. The van der Waals surface area contributed by atoms with Crippen LogP contribution in [-0.4, -0.2) is 108 Å². The van der Waals surface area contributed by atoms with Crippen LogP contribution in [-0.2, 0) is 50.9 Å². The normalized spacial score (nSPS) is 21.5. The van der Waals surface area contributed by atoms with Crippen LogP contribution in [0.3, 0.4) is 0 Å². The van der Waals surface area contributed by atoms with Gasteiger partial charge in [0, 0.05) is 12.8 Å². The number of esters is 2. The first-order valence-corrected chi connectivity index (χ1v) is 30.2. The van der Waals surface area contributed by atoms with Crippen LogP contribution < -0.4 is 0 Å². The Balaban J connectivity index is 2.69. The van der Waals surface area contributed by atoms with Gasteiger partial charge in [-0.1, -0.05) is 173 Å². The second-order valence-electron chi connectivity index (χ2n) is 18.1. The molecule has 406 valence electrons. The first kappa shape index (κ1) is 65.6. The number of hydrogen-bond acceptors (Lipinski definition) is 14. The van der Waals surface area contributed by atoms with Gasteiger partial charge in [0.1, 0.15) is 43.2 Å². The van der Waals surface area contributed by atoms with Crippen LogP contribution in [0.5, 0.6) is 0 Å². The maximum absolute atomic E-state index is 13.1. The number of unbranched alkanes of at least 4 members (excludes halogenated alkanes) is 24. The maximum atomic E-state index is 13.1. The molecule has 1 aliphatic rings. The Kier molecular flexibility index (Phi) is 37.2. The Hall–Kier alpha value is -1.37. The SMILES string of the molecule is CCCCCC=CCC=CCCCCCCCC(=O)OC[C@H](COP(=O)(O)O[C@H]1C(O)C(O)C(OP(=O)(O)O)[C@@H](OP(=O)(O)O)C1O)OC(=O)CCCCCCCCCCCCCCCCCCC. The summed E-state index contributed by atoms with van der Waals surface area (Å²) in [5.41, 5.74) is 0. The number of phosphoric ester groups is 3. The largest absolute Gasteiger partial charge is 0.472 e. The molecular weight excluding hydrogens is 961 g/mol. The van der Waals surface area contributed by atoms with E-state index in [2.05, 4.69) is 47.2 Å². The zero-order chi connectivity index (χ0) is 51.4. The van der Waals surface area contributed by atoms with E-state index in [9.17, 15) is 63.1 Å². The molecule has 8 atom stereocenters. The summed E-state index contributed by atoms with van der Waals surface area (Å²) >= 11 is 0. The predicted octanol–water partition coefficient (Wildman–Crippen LogP) is 9.85. The van der Waals surface area contributed by atoms with Crippen molar-refractivity contribution in [3.8, 4) is 0 Å². The topological polar surface area (TPSA) is 303 Å². The minimum Gasteiger partial charge on any atom is -0.462 e. The number of aliphatic hydroxyl groups is 3. The van der Waals surface area contributed by atoms with Crippen LogP contribution in [0.1, 0.15) is 206 Å². The van der Waals surface area contributed by atoms with E-state index in [0.29, 0.717) is 12.8 Å². The lowest BCUT2D eigenvalue weighted by Crippen LogP contribution is -2.65. The third kappa shape index (κ3) is 35.4. The van der Waals surface area contributed by atoms with Gasteiger partial charge >= 0.3 is 35.4 Å². The van der Waals surface area contributed by atoms with Crippen LogP contribution in [0, 0.1) is 0 Å². The van der Waals surface area contributed by atoms with Gasteiger partial charge in [0.25, 0.3) is 0 Å². The van der Waals surface area contributed by atoms with E-state index in [-0.39, 0.29) is 12.8 Å². The summed E-state index contributed by atoms with van der Waals surface area (Å²) in [7, 11) is -16.6. The zero-order valence-corrected chi connectivity index (χ0v) is 44.1. The van der Waals surface area contributed by atoms with Crippen molar-refractivity contribution in [2.45, 2.75) is 249 Å². The van der Waals surface area contributed by atoms with Gasteiger partial charge in [-0.25, -0.2) is 13.7 Å². The van der Waals surface area contributed by atoms with Crippen molar-refractivity contribution < 1.29 is 90.6 Å². The summed E-state index contributed by atoms with van der Waals surface area (Å²) in [6.45, 7) is 2.94. The minimum atomic E-state index is -5.60. The minimum absolute atomic E-state index is 0.000540. The average Bonchev–Trinajstić information content (AvgIpc) is 3.28. The van der Waals surface area contributed by atoms with Gasteiger partial charge < -0.3 is 49.3 Å². The van der Waals surface area contributed by atoms with E-state index in [1.54, 1.807) is 0 Å². The van der Waals surface area contributed by atoms with Crippen LogP contribution >= 0.6 is 23.5 Å². The number of hydrogen-bond donors (Lipinski definition) is 8. The number of aliphatic hydroxyl groups excluding tert-OH is 3. The smallest absolute Gasteiger partial charge is 0.462 e. The van der Waals surface area contributed by atoms with Gasteiger partial charge in [-0.05, 0) is 44.9 Å². The fourth-order valence-electron chi connectivity index (χ4n) is 7.91. The molecule has 0 spiro atoms. The van der Waals surface area contributed by atoms with Gasteiger partial charge in [0.2, 0.25) is 0 Å². The van der Waals surface area contributed by atoms with Gasteiger partial charge in [0.15, 0.2) is 6.10 Å². The average molecular weight is 1050 g/mol. The lowest BCUT2D eigenvalue weighted by atomic mass is 9.85. The Morgan fingerprint density at radius 2 is 0.841 bits per heavy atom.